The fourth-order valence-corrected chi connectivity index (χ4v) is 2.81. The van der Waals surface area contributed by atoms with E-state index in [0.29, 0.717) is 27.1 Å². The average Bonchev–Trinajstić information content (AvgIpc) is 2.66. The number of esters is 1. The molecule has 3 rings (SSSR count). The zero-order valence-electron chi connectivity index (χ0n) is 15.0. The third-order valence-corrected chi connectivity index (χ3v) is 4.53. The second-order valence-corrected chi connectivity index (χ2v) is 6.59. The van der Waals surface area contributed by atoms with E-state index in [4.69, 9.17) is 26.5 Å². The molecule has 0 aliphatic carbocycles. The van der Waals surface area contributed by atoms with E-state index in [0.717, 1.165) is 11.1 Å². The zero-order valence-corrected chi connectivity index (χ0v) is 15.7. The van der Waals surface area contributed by atoms with E-state index in [2.05, 4.69) is 5.32 Å². The molecule has 1 heterocycles. The van der Waals surface area contributed by atoms with Crippen molar-refractivity contribution in [2.45, 2.75) is 20.1 Å². The summed E-state index contributed by atoms with van der Waals surface area (Å²) in [6.07, 6.45) is 0. The van der Waals surface area contributed by atoms with E-state index in [9.17, 15) is 14.4 Å². The second-order valence-electron chi connectivity index (χ2n) is 6.18. The molecule has 2 aromatic carbocycles. The van der Waals surface area contributed by atoms with Gasteiger partial charge in [0.1, 0.15) is 12.2 Å². The van der Waals surface area contributed by atoms with Crippen LogP contribution in [0.5, 0.6) is 0 Å². The zero-order chi connectivity index (χ0) is 20.3. The molecule has 7 nitrogen and oxygen atoms in total. The van der Waals surface area contributed by atoms with Crippen LogP contribution in [-0.2, 0) is 17.9 Å². The van der Waals surface area contributed by atoms with Crippen molar-refractivity contribution < 1.29 is 18.7 Å². The summed E-state index contributed by atoms with van der Waals surface area (Å²) in [6, 6.07) is 10.5. The molecule has 0 atom stereocenters. The smallest absolute Gasteiger partial charge is 0.338 e. The van der Waals surface area contributed by atoms with Crippen LogP contribution in [0, 0.1) is 6.92 Å². The minimum absolute atomic E-state index is 0.106. The van der Waals surface area contributed by atoms with Crippen molar-refractivity contribution >= 4 is 34.6 Å². The number of carbonyl (C=O) groups excluding carboxylic acids is 2. The Balaban J connectivity index is 1.75. The monoisotopic (exact) mass is 400 g/mol. The predicted molar refractivity (Wildman–Crippen MR) is 104 cm³/mol. The average molecular weight is 401 g/mol. The van der Waals surface area contributed by atoms with Gasteiger partial charge in [0.05, 0.1) is 5.56 Å². The lowest BCUT2D eigenvalue weighted by molar-refractivity contribution is 0.0474. The maximum atomic E-state index is 12.3. The fourth-order valence-electron chi connectivity index (χ4n) is 2.64. The number of carbonyl (C=O) groups is 2. The third-order valence-electron chi connectivity index (χ3n) is 4.12. The van der Waals surface area contributed by atoms with Gasteiger partial charge in [-0.25, -0.2) is 14.4 Å². The molecule has 28 heavy (non-hydrogen) atoms. The highest BCUT2D eigenvalue weighted by Crippen LogP contribution is 2.25. The van der Waals surface area contributed by atoms with Crippen LogP contribution in [-0.4, -0.2) is 12.0 Å². The summed E-state index contributed by atoms with van der Waals surface area (Å²) in [6.45, 7) is 1.96. The number of amides is 2. The van der Waals surface area contributed by atoms with Crippen LogP contribution in [0.15, 0.2) is 51.7 Å². The summed E-state index contributed by atoms with van der Waals surface area (Å²) in [4.78, 5) is 34.8. The van der Waals surface area contributed by atoms with Crippen LogP contribution in [0.1, 0.15) is 27.0 Å². The molecular weight excluding hydrogens is 384 g/mol. The molecule has 0 spiro atoms. The summed E-state index contributed by atoms with van der Waals surface area (Å²) < 4.78 is 10.5. The van der Waals surface area contributed by atoms with Gasteiger partial charge in [0.25, 0.3) is 0 Å². The number of hydrogen-bond acceptors (Lipinski definition) is 5. The molecule has 0 unspecified atom stereocenters. The molecule has 3 aromatic rings. The van der Waals surface area contributed by atoms with Crippen molar-refractivity contribution in [1.82, 2.24) is 5.32 Å². The highest BCUT2D eigenvalue weighted by molar-refractivity contribution is 6.32. The van der Waals surface area contributed by atoms with Crippen molar-refractivity contribution in [3.63, 3.8) is 0 Å². The van der Waals surface area contributed by atoms with E-state index in [1.165, 1.54) is 6.07 Å². The lowest BCUT2D eigenvalue weighted by atomic mass is 10.1. The minimum Gasteiger partial charge on any atom is -0.457 e. The van der Waals surface area contributed by atoms with E-state index in [1.807, 2.05) is 0 Å². The van der Waals surface area contributed by atoms with Gasteiger partial charge in [-0.05, 0) is 42.3 Å². The van der Waals surface area contributed by atoms with Crippen LogP contribution >= 0.6 is 11.6 Å². The number of ether oxygens (including phenoxy) is 1. The first-order valence-corrected chi connectivity index (χ1v) is 8.73. The van der Waals surface area contributed by atoms with Gasteiger partial charge in [-0.3, -0.25) is 0 Å². The van der Waals surface area contributed by atoms with Crippen molar-refractivity contribution in [2.24, 2.45) is 5.73 Å². The number of urea groups is 1. The van der Waals surface area contributed by atoms with E-state index in [-0.39, 0.29) is 13.2 Å². The number of hydrogen-bond donors (Lipinski definition) is 2. The molecule has 144 valence electrons. The molecule has 1 aromatic heterocycles. The van der Waals surface area contributed by atoms with Crippen LogP contribution < -0.4 is 16.7 Å². The Bertz CT molecular complexity index is 1110. The minimum atomic E-state index is -0.627. The van der Waals surface area contributed by atoms with Crippen molar-refractivity contribution in [1.29, 1.82) is 0 Å². The fraction of sp³-hybridized carbons (Fsp3) is 0.150. The first-order valence-electron chi connectivity index (χ1n) is 8.36. The number of primary amides is 1. The molecule has 0 fully saturated rings. The Morgan fingerprint density at radius 2 is 1.89 bits per heavy atom. The van der Waals surface area contributed by atoms with Gasteiger partial charge in [-0.15, -0.1) is 0 Å². The SMILES string of the molecule is Cc1cc2oc(=O)cc(COC(=O)c3ccc(CNC(N)=O)cc3)c2cc1Cl. The summed E-state index contributed by atoms with van der Waals surface area (Å²) in [7, 11) is 0. The summed E-state index contributed by atoms with van der Waals surface area (Å²) in [5, 5.41) is 3.59. The lowest BCUT2D eigenvalue weighted by Crippen LogP contribution is -2.28. The van der Waals surface area contributed by atoms with Crippen LogP contribution in [0.4, 0.5) is 4.79 Å². The Hall–Kier alpha value is -3.32. The van der Waals surface area contributed by atoms with Gasteiger partial charge in [0, 0.05) is 28.6 Å². The van der Waals surface area contributed by atoms with Gasteiger partial charge in [0.2, 0.25) is 0 Å². The molecule has 8 heteroatoms. The van der Waals surface area contributed by atoms with Gasteiger partial charge in [0.15, 0.2) is 0 Å². The molecule has 0 saturated carbocycles. The Morgan fingerprint density at radius 1 is 1.18 bits per heavy atom. The maximum Gasteiger partial charge on any atom is 0.338 e. The standard InChI is InChI=1S/C20H17ClN2O5/c1-11-6-17-15(8-16(11)21)14(7-18(24)28-17)10-27-19(25)13-4-2-12(3-5-13)9-23-20(22)26/h2-8H,9-10H2,1H3,(H3,22,23,26). The number of aryl methyl sites for hydroxylation is 1. The highest BCUT2D eigenvalue weighted by Gasteiger charge is 2.12. The Kier molecular flexibility index (Phi) is 5.65. The summed E-state index contributed by atoms with van der Waals surface area (Å²) >= 11 is 6.16. The Labute approximate surface area is 165 Å². The number of nitrogens with one attached hydrogen (secondary N) is 1. The third kappa shape index (κ3) is 4.50. The van der Waals surface area contributed by atoms with E-state index in [1.54, 1.807) is 43.3 Å². The number of rotatable bonds is 5. The Morgan fingerprint density at radius 3 is 2.57 bits per heavy atom. The molecule has 0 saturated heterocycles. The molecule has 2 amide bonds. The number of halogens is 1. The number of nitrogens with two attached hydrogens (primary N) is 1. The maximum absolute atomic E-state index is 12.3. The van der Waals surface area contributed by atoms with Gasteiger partial charge in [-0.1, -0.05) is 23.7 Å². The molecule has 0 aliphatic heterocycles. The normalized spacial score (nSPS) is 10.6. The molecule has 0 bridgehead atoms. The quantitative estimate of drug-likeness (QED) is 0.504. The van der Waals surface area contributed by atoms with Gasteiger partial charge >= 0.3 is 17.6 Å². The van der Waals surface area contributed by atoms with Crippen molar-refractivity contribution in [3.05, 3.63) is 80.2 Å². The first-order chi connectivity index (χ1) is 13.3. The van der Waals surface area contributed by atoms with E-state index >= 15 is 0 Å². The van der Waals surface area contributed by atoms with Crippen molar-refractivity contribution in [3.8, 4) is 0 Å². The molecule has 3 N–H and O–H groups in total. The summed E-state index contributed by atoms with van der Waals surface area (Å²) in [5.41, 5.74) is 7.27. The summed E-state index contributed by atoms with van der Waals surface area (Å²) in [5.74, 6) is -0.547. The van der Waals surface area contributed by atoms with E-state index < -0.39 is 17.6 Å². The largest absolute Gasteiger partial charge is 0.457 e. The number of benzene rings is 2. The lowest BCUT2D eigenvalue weighted by Gasteiger charge is -2.09. The topological polar surface area (TPSA) is 112 Å². The van der Waals surface area contributed by atoms with Crippen LogP contribution in [0.2, 0.25) is 5.02 Å². The molecule has 0 radical (unpaired) electrons. The first kappa shape index (κ1) is 19.4. The van der Waals surface area contributed by atoms with Gasteiger partial charge in [-0.2, -0.15) is 0 Å². The number of fused-ring (bicyclic) bond motifs is 1. The van der Waals surface area contributed by atoms with Crippen molar-refractivity contribution in [2.75, 3.05) is 0 Å². The highest BCUT2D eigenvalue weighted by atomic mass is 35.5. The molecule has 0 aliphatic rings. The molecular formula is C20H17ClN2O5. The predicted octanol–water partition coefficient (Wildman–Crippen LogP) is 3.28. The van der Waals surface area contributed by atoms with Crippen LogP contribution in [0.3, 0.4) is 0 Å². The van der Waals surface area contributed by atoms with Gasteiger partial charge < -0.3 is 20.2 Å². The second kappa shape index (κ2) is 8.14. The van der Waals surface area contributed by atoms with Crippen LogP contribution in [0.25, 0.3) is 11.0 Å².